The van der Waals surface area contributed by atoms with Crippen molar-refractivity contribution in [1.82, 2.24) is 19.2 Å². The van der Waals surface area contributed by atoms with Gasteiger partial charge < -0.3 is 4.74 Å². The number of aryl methyl sites for hydroxylation is 1. The summed E-state index contributed by atoms with van der Waals surface area (Å²) >= 11 is 1.69. The molecule has 0 N–H and O–H groups in total. The first-order valence-electron chi connectivity index (χ1n) is 8.35. The lowest BCUT2D eigenvalue weighted by Gasteiger charge is -2.10. The standard InChI is InChI=1S/C19H18N4O2S/c1-3-22-18(24)15-6-4-5-7-16(15)23-17(20-21-19(22)23)12-25-13-8-10-14(26-2)11-9-13/h4-11H,3,12H2,1-2H3. The number of benzene rings is 2. The zero-order valence-electron chi connectivity index (χ0n) is 14.5. The number of rotatable bonds is 5. The number of para-hydroxylation sites is 1. The summed E-state index contributed by atoms with van der Waals surface area (Å²) in [6.07, 6.45) is 2.04. The zero-order valence-corrected chi connectivity index (χ0v) is 15.4. The van der Waals surface area contributed by atoms with E-state index >= 15 is 0 Å². The van der Waals surface area contributed by atoms with Crippen molar-refractivity contribution in [2.75, 3.05) is 6.26 Å². The van der Waals surface area contributed by atoms with Crippen LogP contribution in [0.5, 0.6) is 5.75 Å². The average molecular weight is 366 g/mol. The molecule has 7 heteroatoms. The predicted molar refractivity (Wildman–Crippen MR) is 103 cm³/mol. The molecule has 4 aromatic rings. The van der Waals surface area contributed by atoms with Gasteiger partial charge in [0.1, 0.15) is 12.4 Å². The van der Waals surface area contributed by atoms with E-state index in [0.717, 1.165) is 11.3 Å². The van der Waals surface area contributed by atoms with E-state index in [1.54, 1.807) is 16.3 Å². The van der Waals surface area contributed by atoms with E-state index in [4.69, 9.17) is 4.74 Å². The van der Waals surface area contributed by atoms with Gasteiger partial charge in [0.05, 0.1) is 10.9 Å². The Balaban J connectivity index is 1.78. The van der Waals surface area contributed by atoms with E-state index in [1.165, 1.54) is 4.90 Å². The third-order valence-electron chi connectivity index (χ3n) is 4.32. The third kappa shape index (κ3) is 2.74. The first-order valence-corrected chi connectivity index (χ1v) is 9.57. The summed E-state index contributed by atoms with van der Waals surface area (Å²) in [6, 6.07) is 15.4. The number of fused-ring (bicyclic) bond motifs is 3. The van der Waals surface area contributed by atoms with Crippen LogP contribution < -0.4 is 10.3 Å². The highest BCUT2D eigenvalue weighted by Gasteiger charge is 2.15. The number of ether oxygens (including phenoxy) is 1. The molecule has 6 nitrogen and oxygen atoms in total. The Bertz CT molecular complexity index is 1130. The van der Waals surface area contributed by atoms with Crippen LogP contribution >= 0.6 is 11.8 Å². The topological polar surface area (TPSA) is 61.4 Å². The molecule has 0 spiro atoms. The summed E-state index contributed by atoms with van der Waals surface area (Å²) in [4.78, 5) is 13.9. The average Bonchev–Trinajstić information content (AvgIpc) is 3.11. The second-order valence-corrected chi connectivity index (χ2v) is 6.66. The maximum absolute atomic E-state index is 12.7. The lowest BCUT2D eigenvalue weighted by Crippen LogP contribution is -2.22. The molecule has 4 rings (SSSR count). The first kappa shape index (κ1) is 16.7. The van der Waals surface area contributed by atoms with Gasteiger partial charge in [-0.15, -0.1) is 22.0 Å². The Morgan fingerprint density at radius 2 is 1.85 bits per heavy atom. The van der Waals surface area contributed by atoms with Crippen LogP contribution in [0, 0.1) is 0 Å². The largest absolute Gasteiger partial charge is 0.486 e. The van der Waals surface area contributed by atoms with E-state index in [2.05, 4.69) is 10.2 Å². The van der Waals surface area contributed by atoms with Crippen molar-refractivity contribution in [2.24, 2.45) is 0 Å². The molecule has 0 aliphatic carbocycles. The van der Waals surface area contributed by atoms with Gasteiger partial charge in [0.2, 0.25) is 5.78 Å². The van der Waals surface area contributed by atoms with Crippen LogP contribution in [0.2, 0.25) is 0 Å². The summed E-state index contributed by atoms with van der Waals surface area (Å²) in [6.45, 7) is 2.72. The van der Waals surface area contributed by atoms with Crippen LogP contribution in [-0.2, 0) is 13.2 Å². The van der Waals surface area contributed by atoms with Crippen molar-refractivity contribution in [3.05, 3.63) is 64.7 Å². The lowest BCUT2D eigenvalue weighted by atomic mass is 10.2. The molecule has 0 saturated carbocycles. The zero-order chi connectivity index (χ0) is 18.1. The minimum absolute atomic E-state index is 0.0527. The normalized spacial score (nSPS) is 11.3. The van der Waals surface area contributed by atoms with Gasteiger partial charge in [-0.25, -0.2) is 0 Å². The molecule has 2 aromatic carbocycles. The third-order valence-corrected chi connectivity index (χ3v) is 5.06. The van der Waals surface area contributed by atoms with Crippen LogP contribution in [0.15, 0.2) is 58.2 Å². The molecule has 2 aromatic heterocycles. The van der Waals surface area contributed by atoms with Crippen molar-refractivity contribution < 1.29 is 4.74 Å². The van der Waals surface area contributed by atoms with Gasteiger partial charge in [-0.05, 0) is 49.6 Å². The van der Waals surface area contributed by atoms with Crippen LogP contribution in [0.3, 0.4) is 0 Å². The van der Waals surface area contributed by atoms with Crippen LogP contribution in [0.4, 0.5) is 0 Å². The molecule has 2 heterocycles. The SMILES string of the molecule is CCn1c(=O)c2ccccc2n2c(COc3ccc(SC)cc3)nnc12. The molecule has 0 bridgehead atoms. The molecule has 0 radical (unpaired) electrons. The maximum Gasteiger partial charge on any atom is 0.262 e. The Kier molecular flexibility index (Phi) is 4.38. The first-order chi connectivity index (χ1) is 12.7. The van der Waals surface area contributed by atoms with Gasteiger partial charge in [-0.2, -0.15) is 0 Å². The number of nitrogens with zero attached hydrogens (tertiary/aromatic N) is 4. The molecule has 0 unspecified atom stereocenters. The molecule has 132 valence electrons. The molecule has 0 atom stereocenters. The lowest BCUT2D eigenvalue weighted by molar-refractivity contribution is 0.294. The summed E-state index contributed by atoms with van der Waals surface area (Å²) in [5.41, 5.74) is 0.738. The van der Waals surface area contributed by atoms with E-state index < -0.39 is 0 Å². The summed E-state index contributed by atoms with van der Waals surface area (Å²) in [5, 5.41) is 9.15. The molecule has 0 aliphatic rings. The minimum atomic E-state index is -0.0527. The smallest absolute Gasteiger partial charge is 0.262 e. The number of thioether (sulfide) groups is 1. The molecular weight excluding hydrogens is 348 g/mol. The van der Waals surface area contributed by atoms with Gasteiger partial charge in [0.15, 0.2) is 5.82 Å². The van der Waals surface area contributed by atoms with Gasteiger partial charge in [-0.3, -0.25) is 13.8 Å². The Morgan fingerprint density at radius 1 is 1.08 bits per heavy atom. The maximum atomic E-state index is 12.7. The Hall–Kier alpha value is -2.80. The molecular formula is C19H18N4O2S. The molecule has 0 amide bonds. The highest BCUT2D eigenvalue weighted by atomic mass is 32.2. The van der Waals surface area contributed by atoms with E-state index in [9.17, 15) is 4.79 Å². The van der Waals surface area contributed by atoms with Crippen molar-refractivity contribution in [2.45, 2.75) is 25.0 Å². The fraction of sp³-hybridized carbons (Fsp3) is 0.211. The molecule has 0 fully saturated rings. The van der Waals surface area contributed by atoms with Gasteiger partial charge in [0, 0.05) is 11.4 Å². The number of hydrogen-bond acceptors (Lipinski definition) is 5. The quantitative estimate of drug-likeness (QED) is 0.507. The van der Waals surface area contributed by atoms with Crippen LogP contribution in [0.1, 0.15) is 12.7 Å². The number of hydrogen-bond donors (Lipinski definition) is 0. The van der Waals surface area contributed by atoms with Crippen molar-refractivity contribution in [3.63, 3.8) is 0 Å². The minimum Gasteiger partial charge on any atom is -0.486 e. The fourth-order valence-electron chi connectivity index (χ4n) is 3.01. The second kappa shape index (κ2) is 6.84. The van der Waals surface area contributed by atoms with Gasteiger partial charge >= 0.3 is 0 Å². The van der Waals surface area contributed by atoms with Crippen LogP contribution in [0.25, 0.3) is 16.7 Å². The second-order valence-electron chi connectivity index (χ2n) is 5.78. The predicted octanol–water partition coefficient (Wildman–Crippen LogP) is 3.37. The Labute approximate surface area is 154 Å². The highest BCUT2D eigenvalue weighted by molar-refractivity contribution is 7.98. The fourth-order valence-corrected chi connectivity index (χ4v) is 3.42. The highest BCUT2D eigenvalue weighted by Crippen LogP contribution is 2.20. The monoisotopic (exact) mass is 366 g/mol. The molecule has 26 heavy (non-hydrogen) atoms. The van der Waals surface area contributed by atoms with Gasteiger partial charge in [-0.1, -0.05) is 12.1 Å². The summed E-state index contributed by atoms with van der Waals surface area (Å²) < 4.78 is 9.42. The number of aromatic nitrogens is 4. The van der Waals surface area contributed by atoms with E-state index in [0.29, 0.717) is 23.5 Å². The molecule has 0 aliphatic heterocycles. The Morgan fingerprint density at radius 3 is 2.58 bits per heavy atom. The summed E-state index contributed by atoms with van der Waals surface area (Å²) in [5.74, 6) is 1.97. The van der Waals surface area contributed by atoms with Crippen molar-refractivity contribution in [3.8, 4) is 5.75 Å². The van der Waals surface area contributed by atoms with Gasteiger partial charge in [0.25, 0.3) is 5.56 Å². The van der Waals surface area contributed by atoms with E-state index in [1.807, 2.05) is 66.1 Å². The van der Waals surface area contributed by atoms with Crippen molar-refractivity contribution in [1.29, 1.82) is 0 Å². The summed E-state index contributed by atoms with van der Waals surface area (Å²) in [7, 11) is 0. The molecule has 0 saturated heterocycles. The van der Waals surface area contributed by atoms with Crippen molar-refractivity contribution >= 4 is 28.4 Å². The van der Waals surface area contributed by atoms with E-state index in [-0.39, 0.29) is 12.2 Å². The van der Waals surface area contributed by atoms with Crippen LogP contribution in [-0.4, -0.2) is 25.4 Å².